The maximum absolute atomic E-state index is 13.0. The van der Waals surface area contributed by atoms with Crippen molar-refractivity contribution >= 4 is 11.8 Å². The molecule has 2 unspecified atom stereocenters. The number of aliphatic hydroxyl groups is 6. The highest BCUT2D eigenvalue weighted by atomic mass is 16.7. The molecule has 0 bridgehead atoms. The first-order chi connectivity index (χ1) is 29.7. The van der Waals surface area contributed by atoms with E-state index in [1.807, 2.05) is 0 Å². The van der Waals surface area contributed by atoms with E-state index in [0.717, 1.165) is 64.2 Å². The molecular weight excluding hydrogens is 777 g/mol. The van der Waals surface area contributed by atoms with Gasteiger partial charge in [-0.2, -0.15) is 0 Å². The Morgan fingerprint density at radius 2 is 0.951 bits per heavy atom. The first kappa shape index (κ1) is 57.6. The Bertz CT molecular complexity index is 1010. The molecule has 61 heavy (non-hydrogen) atoms. The summed E-state index contributed by atoms with van der Waals surface area (Å²) in [5, 5.41) is 68.2. The van der Waals surface area contributed by atoms with Gasteiger partial charge in [-0.1, -0.05) is 194 Å². The Morgan fingerprint density at radius 1 is 0.541 bits per heavy atom. The van der Waals surface area contributed by atoms with E-state index in [4.69, 9.17) is 9.47 Å². The molecule has 0 aromatic carbocycles. The van der Waals surface area contributed by atoms with Crippen molar-refractivity contribution in [2.24, 2.45) is 0 Å². The normalized spacial score (nSPS) is 20.7. The molecule has 1 saturated heterocycles. The number of rotatable bonds is 43. The highest BCUT2D eigenvalue weighted by molar-refractivity contribution is 5.76. The van der Waals surface area contributed by atoms with E-state index in [9.17, 15) is 40.2 Å². The number of aliphatic hydroxyl groups excluding tert-OH is 6. The van der Waals surface area contributed by atoms with Gasteiger partial charge in [0.15, 0.2) is 6.29 Å². The van der Waals surface area contributed by atoms with E-state index in [1.54, 1.807) is 0 Å². The zero-order valence-electron chi connectivity index (χ0n) is 39.1. The fraction of sp³-hybridized carbons (Fsp3) is 0.959. The quantitative estimate of drug-likeness (QED) is 0.0275. The third-order valence-electron chi connectivity index (χ3n) is 12.5. The van der Waals surface area contributed by atoms with Gasteiger partial charge in [-0.3, -0.25) is 9.59 Å². The Labute approximate surface area is 372 Å². The number of carbonyl (C=O) groups excluding carboxylic acids is 2. The van der Waals surface area contributed by atoms with Crippen LogP contribution in [-0.4, -0.2) is 111 Å². The SMILES string of the molecule is CCCCCCCCCCCCCCCCC(=O)NCCCCCCCC(=O)N[C@@H](CO[C@H]1OC(CO)[C@H](O)[C@H](O)C1O)[C@H](O)[C@H](O)CCCCCCCCCCCCCC. The summed E-state index contributed by atoms with van der Waals surface area (Å²) in [6.45, 7) is 4.21. The van der Waals surface area contributed by atoms with Crippen LogP contribution in [0.5, 0.6) is 0 Å². The van der Waals surface area contributed by atoms with E-state index in [-0.39, 0.29) is 24.8 Å². The standard InChI is InChI=1S/C49H96N2O10/c1-3-5-7-9-11-13-15-17-18-20-22-24-27-31-35-43(54)50-37-33-29-25-28-32-36-44(55)51-40(39-60-49-48(59)47(58)46(57)42(38-52)61-49)45(56)41(53)34-30-26-23-21-19-16-14-12-10-8-6-4-2/h40-42,45-49,52-53,56-59H,3-39H2,1-2H3,(H,50,54)(H,51,55)/t40-,41+,42?,45-,46-,47-,48?,49-/m0/s1. The lowest BCUT2D eigenvalue weighted by molar-refractivity contribution is -0.303. The van der Waals surface area contributed by atoms with Crippen molar-refractivity contribution in [1.82, 2.24) is 10.6 Å². The summed E-state index contributed by atoms with van der Waals surface area (Å²) in [7, 11) is 0. The topological polar surface area (TPSA) is 198 Å². The molecule has 8 N–H and O–H groups in total. The second kappa shape index (κ2) is 40.2. The van der Waals surface area contributed by atoms with E-state index in [0.29, 0.717) is 25.8 Å². The van der Waals surface area contributed by atoms with Crippen molar-refractivity contribution in [3.8, 4) is 0 Å². The van der Waals surface area contributed by atoms with Crippen LogP contribution in [0.4, 0.5) is 0 Å². The molecule has 0 aromatic heterocycles. The molecule has 12 nitrogen and oxygen atoms in total. The molecule has 0 saturated carbocycles. The molecular formula is C49H96N2O10. The molecule has 1 rings (SSSR count). The van der Waals surface area contributed by atoms with Gasteiger partial charge in [0.05, 0.1) is 25.4 Å². The molecule has 1 aliphatic rings. The van der Waals surface area contributed by atoms with Gasteiger partial charge in [-0.15, -0.1) is 0 Å². The zero-order valence-corrected chi connectivity index (χ0v) is 39.1. The molecule has 362 valence electrons. The summed E-state index contributed by atoms with van der Waals surface area (Å²) in [5.74, 6) is -0.183. The Morgan fingerprint density at radius 3 is 1.41 bits per heavy atom. The number of carbonyl (C=O) groups is 2. The minimum atomic E-state index is -1.63. The first-order valence-corrected chi connectivity index (χ1v) is 25.5. The molecule has 1 fully saturated rings. The number of amides is 2. The van der Waals surface area contributed by atoms with Crippen LogP contribution in [0.1, 0.15) is 232 Å². The van der Waals surface area contributed by atoms with Gasteiger partial charge in [0.25, 0.3) is 0 Å². The highest BCUT2D eigenvalue weighted by Gasteiger charge is 2.44. The van der Waals surface area contributed by atoms with Gasteiger partial charge in [-0.05, 0) is 25.7 Å². The Hall–Kier alpha value is -1.38. The molecule has 8 atom stereocenters. The van der Waals surface area contributed by atoms with Crippen molar-refractivity contribution in [2.45, 2.75) is 281 Å². The third kappa shape index (κ3) is 30.4. The molecule has 0 spiro atoms. The summed E-state index contributed by atoms with van der Waals surface area (Å²) in [6, 6.07) is -1.03. The van der Waals surface area contributed by atoms with Crippen molar-refractivity contribution < 1.29 is 49.7 Å². The lowest BCUT2D eigenvalue weighted by atomic mass is 9.98. The fourth-order valence-electron chi connectivity index (χ4n) is 8.28. The van der Waals surface area contributed by atoms with Crippen LogP contribution >= 0.6 is 0 Å². The van der Waals surface area contributed by atoms with Crippen LogP contribution in [-0.2, 0) is 19.1 Å². The maximum atomic E-state index is 13.0. The Kier molecular flexibility index (Phi) is 37.9. The molecule has 1 heterocycles. The van der Waals surface area contributed by atoms with Gasteiger partial charge < -0.3 is 50.7 Å². The van der Waals surface area contributed by atoms with Crippen LogP contribution in [0, 0.1) is 0 Å². The Balaban J connectivity index is 2.31. The smallest absolute Gasteiger partial charge is 0.220 e. The van der Waals surface area contributed by atoms with Crippen molar-refractivity contribution in [1.29, 1.82) is 0 Å². The van der Waals surface area contributed by atoms with Gasteiger partial charge in [0, 0.05) is 19.4 Å². The predicted octanol–water partition coefficient (Wildman–Crippen LogP) is 8.43. The summed E-state index contributed by atoms with van der Waals surface area (Å²) in [5.41, 5.74) is 0. The monoisotopic (exact) mass is 873 g/mol. The van der Waals surface area contributed by atoms with Crippen LogP contribution in [0.25, 0.3) is 0 Å². The van der Waals surface area contributed by atoms with Crippen LogP contribution in [0.2, 0.25) is 0 Å². The molecule has 12 heteroatoms. The van der Waals surface area contributed by atoms with E-state index >= 15 is 0 Å². The number of nitrogens with one attached hydrogen (secondary N) is 2. The molecule has 2 amide bonds. The number of unbranched alkanes of at least 4 members (excludes halogenated alkanes) is 28. The van der Waals surface area contributed by atoms with Gasteiger partial charge in [0.1, 0.15) is 30.5 Å². The first-order valence-electron chi connectivity index (χ1n) is 25.5. The highest BCUT2D eigenvalue weighted by Crippen LogP contribution is 2.23. The predicted molar refractivity (Wildman–Crippen MR) is 245 cm³/mol. The minimum Gasteiger partial charge on any atom is -0.394 e. The van der Waals surface area contributed by atoms with Crippen LogP contribution < -0.4 is 10.6 Å². The van der Waals surface area contributed by atoms with E-state index in [2.05, 4.69) is 24.5 Å². The van der Waals surface area contributed by atoms with Crippen LogP contribution in [0.3, 0.4) is 0 Å². The van der Waals surface area contributed by atoms with Crippen molar-refractivity contribution in [3.63, 3.8) is 0 Å². The number of hydrogen-bond acceptors (Lipinski definition) is 10. The minimum absolute atomic E-state index is 0.127. The third-order valence-corrected chi connectivity index (χ3v) is 12.5. The van der Waals surface area contributed by atoms with E-state index < -0.39 is 55.6 Å². The van der Waals surface area contributed by atoms with Crippen molar-refractivity contribution in [2.75, 3.05) is 19.8 Å². The lowest BCUT2D eigenvalue weighted by Crippen LogP contribution is -2.60. The maximum Gasteiger partial charge on any atom is 0.220 e. The van der Waals surface area contributed by atoms with Crippen LogP contribution in [0.15, 0.2) is 0 Å². The average molecular weight is 873 g/mol. The molecule has 0 aliphatic carbocycles. The summed E-state index contributed by atoms with van der Waals surface area (Å²) in [4.78, 5) is 25.3. The second-order valence-electron chi connectivity index (χ2n) is 18.2. The molecule has 0 aromatic rings. The summed E-state index contributed by atoms with van der Waals surface area (Å²) >= 11 is 0. The number of ether oxygens (including phenoxy) is 2. The summed E-state index contributed by atoms with van der Waals surface area (Å²) in [6.07, 6.45) is 27.9. The molecule has 1 aliphatic heterocycles. The fourth-order valence-corrected chi connectivity index (χ4v) is 8.28. The van der Waals surface area contributed by atoms with Gasteiger partial charge in [0.2, 0.25) is 11.8 Å². The average Bonchev–Trinajstić information content (AvgIpc) is 3.25. The van der Waals surface area contributed by atoms with E-state index in [1.165, 1.54) is 128 Å². The zero-order chi connectivity index (χ0) is 44.8. The largest absolute Gasteiger partial charge is 0.394 e. The number of hydrogen-bond donors (Lipinski definition) is 8. The summed E-state index contributed by atoms with van der Waals surface area (Å²) < 4.78 is 11.1. The van der Waals surface area contributed by atoms with Gasteiger partial charge in [-0.25, -0.2) is 0 Å². The lowest BCUT2D eigenvalue weighted by Gasteiger charge is -2.40. The molecule has 0 radical (unpaired) electrons. The van der Waals surface area contributed by atoms with Crippen molar-refractivity contribution in [3.05, 3.63) is 0 Å². The van der Waals surface area contributed by atoms with Gasteiger partial charge >= 0.3 is 0 Å². The second-order valence-corrected chi connectivity index (χ2v) is 18.2.